The lowest BCUT2D eigenvalue weighted by Gasteiger charge is -2.42. The van der Waals surface area contributed by atoms with Crippen LogP contribution in [-0.4, -0.2) is 24.8 Å². The van der Waals surface area contributed by atoms with Crippen molar-refractivity contribution in [2.75, 3.05) is 13.2 Å². The van der Waals surface area contributed by atoms with E-state index in [1.165, 1.54) is 38.5 Å². The van der Waals surface area contributed by atoms with E-state index < -0.39 is 0 Å². The summed E-state index contributed by atoms with van der Waals surface area (Å²) >= 11 is 0. The van der Waals surface area contributed by atoms with E-state index in [1.807, 2.05) is 0 Å². The average molecular weight is 255 g/mol. The maximum Gasteiger partial charge on any atom is 0.0806 e. The Morgan fingerprint density at radius 3 is 2.50 bits per heavy atom. The van der Waals surface area contributed by atoms with Crippen LogP contribution in [0.25, 0.3) is 0 Å². The van der Waals surface area contributed by atoms with Crippen LogP contribution in [0.1, 0.15) is 73.1 Å². The van der Waals surface area contributed by atoms with Gasteiger partial charge in [-0.1, -0.05) is 27.7 Å². The molecule has 1 aliphatic rings. The Balaban J connectivity index is 2.58. The fourth-order valence-corrected chi connectivity index (χ4v) is 2.75. The monoisotopic (exact) mass is 255 g/mol. The van der Waals surface area contributed by atoms with E-state index in [2.05, 4.69) is 39.9 Å². The Hall–Kier alpha value is -0.0800. The normalized spacial score (nSPS) is 27.2. The molecular formula is C16H33NO. The number of nitrogens with one attached hydrogen (secondary N) is 1. The second-order valence-electron chi connectivity index (χ2n) is 7.22. The summed E-state index contributed by atoms with van der Waals surface area (Å²) in [5.74, 6) is 0. The molecule has 1 rings (SSSR count). The van der Waals surface area contributed by atoms with Gasteiger partial charge in [0.15, 0.2) is 0 Å². The second kappa shape index (κ2) is 6.91. The molecule has 1 aliphatic heterocycles. The summed E-state index contributed by atoms with van der Waals surface area (Å²) in [5.41, 5.74) is 0.468. The van der Waals surface area contributed by atoms with Crippen LogP contribution in [0.15, 0.2) is 0 Å². The minimum absolute atomic E-state index is 0.0542. The fraction of sp³-hybridized carbons (Fsp3) is 1.00. The minimum atomic E-state index is 0.0542. The predicted molar refractivity (Wildman–Crippen MR) is 79.0 cm³/mol. The Morgan fingerprint density at radius 2 is 2.00 bits per heavy atom. The molecule has 2 atom stereocenters. The van der Waals surface area contributed by atoms with Crippen LogP contribution in [0.4, 0.5) is 0 Å². The summed E-state index contributed by atoms with van der Waals surface area (Å²) in [7, 11) is 0. The third-order valence-electron chi connectivity index (χ3n) is 4.06. The SMILES string of the molecule is CCCNC(CCC(C)(C)C)C1(C)CCCCO1. The van der Waals surface area contributed by atoms with Gasteiger partial charge >= 0.3 is 0 Å². The first-order valence-corrected chi connectivity index (χ1v) is 7.75. The van der Waals surface area contributed by atoms with Crippen LogP contribution in [0.5, 0.6) is 0 Å². The van der Waals surface area contributed by atoms with Crippen LogP contribution < -0.4 is 5.32 Å². The number of ether oxygens (including phenoxy) is 1. The van der Waals surface area contributed by atoms with Crippen LogP contribution >= 0.6 is 0 Å². The average Bonchev–Trinajstić information content (AvgIpc) is 2.28. The Morgan fingerprint density at radius 1 is 1.28 bits per heavy atom. The molecule has 0 aliphatic carbocycles. The van der Waals surface area contributed by atoms with Gasteiger partial charge in [-0.3, -0.25) is 0 Å². The van der Waals surface area contributed by atoms with Gasteiger partial charge in [-0.2, -0.15) is 0 Å². The third-order valence-corrected chi connectivity index (χ3v) is 4.06. The van der Waals surface area contributed by atoms with E-state index in [4.69, 9.17) is 4.74 Å². The van der Waals surface area contributed by atoms with E-state index in [0.717, 1.165) is 13.2 Å². The van der Waals surface area contributed by atoms with Crippen molar-refractivity contribution in [2.24, 2.45) is 5.41 Å². The third kappa shape index (κ3) is 5.27. The quantitative estimate of drug-likeness (QED) is 0.770. The van der Waals surface area contributed by atoms with Gasteiger partial charge in [0, 0.05) is 12.6 Å². The summed E-state index contributed by atoms with van der Waals surface area (Å²) in [6.45, 7) is 13.6. The van der Waals surface area contributed by atoms with Crippen molar-refractivity contribution in [1.82, 2.24) is 5.32 Å². The molecule has 0 aromatic rings. The molecule has 1 heterocycles. The zero-order chi connectivity index (χ0) is 13.6. The van der Waals surface area contributed by atoms with Gasteiger partial charge in [0.25, 0.3) is 0 Å². The van der Waals surface area contributed by atoms with E-state index in [-0.39, 0.29) is 5.60 Å². The summed E-state index contributed by atoms with van der Waals surface area (Å²) in [6.07, 6.45) is 7.43. The molecule has 0 bridgehead atoms. The maximum absolute atomic E-state index is 6.13. The predicted octanol–water partition coefficient (Wildman–Crippen LogP) is 4.14. The first-order valence-electron chi connectivity index (χ1n) is 7.75. The highest BCUT2D eigenvalue weighted by Gasteiger charge is 2.36. The lowest BCUT2D eigenvalue weighted by molar-refractivity contribution is -0.0913. The second-order valence-corrected chi connectivity index (χ2v) is 7.22. The molecule has 1 fully saturated rings. The molecule has 2 unspecified atom stereocenters. The van der Waals surface area contributed by atoms with Crippen LogP contribution in [0.3, 0.4) is 0 Å². The maximum atomic E-state index is 6.13. The first-order chi connectivity index (χ1) is 8.37. The molecule has 108 valence electrons. The van der Waals surface area contributed by atoms with Crippen molar-refractivity contribution in [3.05, 3.63) is 0 Å². The molecule has 0 aromatic carbocycles. The van der Waals surface area contributed by atoms with Crippen LogP contribution in [0.2, 0.25) is 0 Å². The van der Waals surface area contributed by atoms with Gasteiger partial charge in [0.2, 0.25) is 0 Å². The van der Waals surface area contributed by atoms with Gasteiger partial charge in [-0.15, -0.1) is 0 Å². The molecule has 0 saturated carbocycles. The highest BCUT2D eigenvalue weighted by molar-refractivity contribution is 4.92. The zero-order valence-electron chi connectivity index (χ0n) is 13.1. The minimum Gasteiger partial charge on any atom is -0.374 e. The van der Waals surface area contributed by atoms with Gasteiger partial charge in [0.05, 0.1) is 5.60 Å². The summed E-state index contributed by atoms with van der Waals surface area (Å²) in [4.78, 5) is 0. The molecule has 0 aromatic heterocycles. The fourth-order valence-electron chi connectivity index (χ4n) is 2.75. The van der Waals surface area contributed by atoms with E-state index in [1.54, 1.807) is 0 Å². The van der Waals surface area contributed by atoms with Gasteiger partial charge in [-0.25, -0.2) is 0 Å². The van der Waals surface area contributed by atoms with Gasteiger partial charge < -0.3 is 10.1 Å². The lowest BCUT2D eigenvalue weighted by Crippen LogP contribution is -2.52. The smallest absolute Gasteiger partial charge is 0.0806 e. The van der Waals surface area contributed by atoms with E-state index in [0.29, 0.717) is 11.5 Å². The molecule has 2 heteroatoms. The van der Waals surface area contributed by atoms with Gasteiger partial charge in [0.1, 0.15) is 0 Å². The molecule has 0 amide bonds. The van der Waals surface area contributed by atoms with E-state index in [9.17, 15) is 0 Å². The molecule has 0 radical (unpaired) electrons. The van der Waals surface area contributed by atoms with Crippen molar-refractivity contribution in [1.29, 1.82) is 0 Å². The first kappa shape index (κ1) is 16.0. The summed E-state index contributed by atoms with van der Waals surface area (Å²) in [5, 5.41) is 3.73. The molecule has 0 spiro atoms. The Kier molecular flexibility index (Phi) is 6.13. The van der Waals surface area contributed by atoms with Crippen molar-refractivity contribution in [3.63, 3.8) is 0 Å². The molecule has 1 N–H and O–H groups in total. The molecule has 1 saturated heterocycles. The van der Waals surface area contributed by atoms with Crippen molar-refractivity contribution >= 4 is 0 Å². The van der Waals surface area contributed by atoms with Crippen LogP contribution in [-0.2, 0) is 4.74 Å². The van der Waals surface area contributed by atoms with Gasteiger partial charge in [-0.05, 0) is 57.4 Å². The van der Waals surface area contributed by atoms with E-state index >= 15 is 0 Å². The van der Waals surface area contributed by atoms with Crippen molar-refractivity contribution in [3.8, 4) is 0 Å². The standard InChI is InChI=1S/C16H33NO/c1-6-12-17-14(9-11-15(2,3)4)16(5)10-7-8-13-18-16/h14,17H,6-13H2,1-5H3. The summed E-state index contributed by atoms with van der Waals surface area (Å²) in [6, 6.07) is 0.511. The van der Waals surface area contributed by atoms with Crippen molar-refractivity contribution in [2.45, 2.75) is 84.8 Å². The molecule has 2 nitrogen and oxygen atoms in total. The molecular weight excluding hydrogens is 222 g/mol. The zero-order valence-corrected chi connectivity index (χ0v) is 13.1. The van der Waals surface area contributed by atoms with Crippen LogP contribution in [0, 0.1) is 5.41 Å². The largest absolute Gasteiger partial charge is 0.374 e. The van der Waals surface area contributed by atoms with Crippen molar-refractivity contribution < 1.29 is 4.74 Å². The molecule has 18 heavy (non-hydrogen) atoms. The highest BCUT2D eigenvalue weighted by Crippen LogP contribution is 2.32. The Labute approximate surface area is 114 Å². The topological polar surface area (TPSA) is 21.3 Å². The number of hydrogen-bond donors (Lipinski definition) is 1. The number of rotatable bonds is 6. The lowest BCUT2D eigenvalue weighted by atomic mass is 9.81. The number of hydrogen-bond acceptors (Lipinski definition) is 2. The highest BCUT2D eigenvalue weighted by atomic mass is 16.5. The Bertz CT molecular complexity index is 226. The summed E-state index contributed by atoms with van der Waals surface area (Å²) < 4.78 is 6.13.